The van der Waals surface area contributed by atoms with Crippen LogP contribution in [0.4, 0.5) is 10.5 Å². The molecular formula is C17H25N3O3. The van der Waals surface area contributed by atoms with E-state index in [1.807, 2.05) is 45.0 Å². The minimum atomic E-state index is -0.151. The molecule has 1 saturated heterocycles. The number of carbonyl (C=O) groups is 2. The molecule has 6 nitrogen and oxygen atoms in total. The van der Waals surface area contributed by atoms with E-state index in [0.717, 1.165) is 11.4 Å². The Balaban J connectivity index is 1.98. The Kier molecular flexibility index (Phi) is 5.84. The first kappa shape index (κ1) is 17.1. The van der Waals surface area contributed by atoms with Gasteiger partial charge < -0.3 is 19.9 Å². The van der Waals surface area contributed by atoms with Crippen LogP contribution in [-0.4, -0.2) is 49.1 Å². The normalized spacial score (nSPS) is 17.3. The third kappa shape index (κ3) is 4.15. The third-order valence-electron chi connectivity index (χ3n) is 3.96. The first-order chi connectivity index (χ1) is 11.1. The lowest BCUT2D eigenvalue weighted by Gasteiger charge is -2.22. The zero-order valence-corrected chi connectivity index (χ0v) is 14.0. The molecule has 0 aromatic heterocycles. The molecule has 1 aliphatic heterocycles. The number of urea groups is 1. The van der Waals surface area contributed by atoms with E-state index in [1.54, 1.807) is 9.80 Å². The predicted octanol–water partition coefficient (Wildman–Crippen LogP) is 2.24. The molecule has 0 bridgehead atoms. The summed E-state index contributed by atoms with van der Waals surface area (Å²) in [6, 6.07) is 7.19. The molecule has 6 heteroatoms. The summed E-state index contributed by atoms with van der Waals surface area (Å²) in [7, 11) is 0. The van der Waals surface area contributed by atoms with Crippen molar-refractivity contribution in [3.05, 3.63) is 24.3 Å². The van der Waals surface area contributed by atoms with Crippen LogP contribution >= 0.6 is 0 Å². The Morgan fingerprint density at radius 3 is 2.48 bits per heavy atom. The first-order valence-corrected chi connectivity index (χ1v) is 8.17. The number of hydrogen-bond donors (Lipinski definition) is 1. The summed E-state index contributed by atoms with van der Waals surface area (Å²) >= 11 is 0. The molecule has 1 aromatic carbocycles. The molecule has 1 heterocycles. The monoisotopic (exact) mass is 319 g/mol. The number of nitrogens with one attached hydrogen (secondary N) is 1. The third-order valence-corrected chi connectivity index (χ3v) is 3.96. The quantitative estimate of drug-likeness (QED) is 0.875. The smallest absolute Gasteiger partial charge is 0.317 e. The lowest BCUT2D eigenvalue weighted by Crippen LogP contribution is -2.45. The second-order valence-electron chi connectivity index (χ2n) is 5.45. The van der Waals surface area contributed by atoms with Crippen LogP contribution in [0.15, 0.2) is 24.3 Å². The van der Waals surface area contributed by atoms with Crippen molar-refractivity contribution >= 4 is 17.6 Å². The van der Waals surface area contributed by atoms with E-state index >= 15 is 0 Å². The van der Waals surface area contributed by atoms with Gasteiger partial charge >= 0.3 is 6.03 Å². The second kappa shape index (κ2) is 7.85. The highest BCUT2D eigenvalue weighted by Crippen LogP contribution is 2.24. The van der Waals surface area contributed by atoms with Crippen molar-refractivity contribution in [2.75, 3.05) is 31.1 Å². The molecule has 126 valence electrons. The second-order valence-corrected chi connectivity index (χ2v) is 5.45. The first-order valence-electron chi connectivity index (χ1n) is 8.17. The Hall–Kier alpha value is -2.24. The van der Waals surface area contributed by atoms with E-state index in [2.05, 4.69) is 5.32 Å². The standard InChI is InChI=1S/C17H25N3O3/c1-4-19(5-2)17(22)18-13-11-16(21)20(12-13)14-7-9-15(10-8-14)23-6-3/h7-10,13H,4-6,11-12H2,1-3H3,(H,18,22). The molecule has 1 aromatic rings. The number of anilines is 1. The van der Waals surface area contributed by atoms with Gasteiger partial charge in [0, 0.05) is 31.7 Å². The number of ether oxygens (including phenoxy) is 1. The van der Waals surface area contributed by atoms with Crippen LogP contribution in [0.2, 0.25) is 0 Å². The van der Waals surface area contributed by atoms with Gasteiger partial charge in [-0.3, -0.25) is 4.79 Å². The highest BCUT2D eigenvalue weighted by molar-refractivity contribution is 5.96. The zero-order valence-electron chi connectivity index (χ0n) is 14.0. The van der Waals surface area contributed by atoms with Gasteiger partial charge in [0.1, 0.15) is 5.75 Å². The average Bonchev–Trinajstić information content (AvgIpc) is 2.90. The maximum absolute atomic E-state index is 12.2. The van der Waals surface area contributed by atoms with Crippen molar-refractivity contribution in [3.8, 4) is 5.75 Å². The molecule has 23 heavy (non-hydrogen) atoms. The SMILES string of the molecule is CCOc1ccc(N2CC(NC(=O)N(CC)CC)CC2=O)cc1. The molecule has 0 saturated carbocycles. The van der Waals surface area contributed by atoms with Gasteiger partial charge in [0.2, 0.25) is 5.91 Å². The number of hydrogen-bond acceptors (Lipinski definition) is 3. The average molecular weight is 319 g/mol. The van der Waals surface area contributed by atoms with Crippen LogP contribution in [0.1, 0.15) is 27.2 Å². The molecule has 3 amide bonds. The van der Waals surface area contributed by atoms with Crippen molar-refractivity contribution in [3.63, 3.8) is 0 Å². The molecule has 1 atom stereocenters. The molecule has 0 aliphatic carbocycles. The van der Waals surface area contributed by atoms with Gasteiger partial charge in [0.15, 0.2) is 0 Å². The summed E-state index contributed by atoms with van der Waals surface area (Å²) in [5.41, 5.74) is 0.832. The maximum Gasteiger partial charge on any atom is 0.317 e. The van der Waals surface area contributed by atoms with E-state index < -0.39 is 0 Å². The molecule has 0 spiro atoms. The molecule has 2 rings (SSSR count). The zero-order chi connectivity index (χ0) is 16.8. The highest BCUT2D eigenvalue weighted by Gasteiger charge is 2.32. The van der Waals surface area contributed by atoms with Crippen LogP contribution in [0.25, 0.3) is 0 Å². The van der Waals surface area contributed by atoms with Gasteiger partial charge in [-0.15, -0.1) is 0 Å². The fraction of sp³-hybridized carbons (Fsp3) is 0.529. The minimum Gasteiger partial charge on any atom is -0.494 e. The Morgan fingerprint density at radius 2 is 1.91 bits per heavy atom. The molecule has 1 fully saturated rings. The van der Waals surface area contributed by atoms with Crippen molar-refractivity contribution < 1.29 is 14.3 Å². The van der Waals surface area contributed by atoms with Gasteiger partial charge in [-0.25, -0.2) is 4.79 Å². The van der Waals surface area contributed by atoms with Crippen molar-refractivity contribution in [2.45, 2.75) is 33.2 Å². The van der Waals surface area contributed by atoms with Crippen molar-refractivity contribution in [1.29, 1.82) is 0 Å². The number of amides is 3. The Labute approximate surface area is 137 Å². The number of rotatable bonds is 6. The van der Waals surface area contributed by atoms with Crippen LogP contribution < -0.4 is 15.0 Å². The van der Waals surface area contributed by atoms with E-state index in [4.69, 9.17) is 4.74 Å². The van der Waals surface area contributed by atoms with Crippen molar-refractivity contribution in [1.82, 2.24) is 10.2 Å². The van der Waals surface area contributed by atoms with E-state index in [9.17, 15) is 9.59 Å². The lowest BCUT2D eigenvalue weighted by atomic mass is 10.2. The van der Waals surface area contributed by atoms with Crippen LogP contribution in [0.5, 0.6) is 5.75 Å². The fourth-order valence-corrected chi connectivity index (χ4v) is 2.72. The van der Waals surface area contributed by atoms with Gasteiger partial charge in [0.25, 0.3) is 0 Å². The summed E-state index contributed by atoms with van der Waals surface area (Å²) in [6.07, 6.45) is 0.334. The van der Waals surface area contributed by atoms with Crippen molar-refractivity contribution in [2.24, 2.45) is 0 Å². The number of benzene rings is 1. The lowest BCUT2D eigenvalue weighted by molar-refractivity contribution is -0.117. The van der Waals surface area contributed by atoms with Crippen LogP contribution in [0.3, 0.4) is 0 Å². The minimum absolute atomic E-state index is 0.0269. The summed E-state index contributed by atoms with van der Waals surface area (Å²) in [4.78, 5) is 27.7. The van der Waals surface area contributed by atoms with E-state index in [1.165, 1.54) is 0 Å². The Bertz CT molecular complexity index is 541. The van der Waals surface area contributed by atoms with Crippen LogP contribution in [0, 0.1) is 0 Å². The van der Waals surface area contributed by atoms with Gasteiger partial charge in [-0.05, 0) is 45.0 Å². The molecule has 1 N–H and O–H groups in total. The molecule has 1 unspecified atom stereocenters. The van der Waals surface area contributed by atoms with E-state index in [0.29, 0.717) is 32.7 Å². The predicted molar refractivity (Wildman–Crippen MR) is 89.8 cm³/mol. The van der Waals surface area contributed by atoms with Crippen LogP contribution in [-0.2, 0) is 4.79 Å². The fourth-order valence-electron chi connectivity index (χ4n) is 2.72. The Morgan fingerprint density at radius 1 is 1.26 bits per heavy atom. The van der Waals surface area contributed by atoms with E-state index in [-0.39, 0.29) is 18.0 Å². The summed E-state index contributed by atoms with van der Waals surface area (Å²) < 4.78 is 5.41. The van der Waals surface area contributed by atoms with Gasteiger partial charge in [-0.1, -0.05) is 0 Å². The number of carbonyl (C=O) groups excluding carboxylic acids is 2. The summed E-state index contributed by atoms with van der Waals surface area (Å²) in [5.74, 6) is 0.813. The molecular weight excluding hydrogens is 294 g/mol. The largest absolute Gasteiger partial charge is 0.494 e. The van der Waals surface area contributed by atoms with Gasteiger partial charge in [0.05, 0.1) is 12.6 Å². The summed E-state index contributed by atoms with van der Waals surface area (Å²) in [5, 5.41) is 2.94. The highest BCUT2D eigenvalue weighted by atomic mass is 16.5. The molecule has 0 radical (unpaired) electrons. The summed E-state index contributed by atoms with van der Waals surface area (Å²) in [6.45, 7) is 8.24. The maximum atomic E-state index is 12.2. The number of nitrogens with zero attached hydrogens (tertiary/aromatic N) is 2. The molecule has 1 aliphatic rings. The topological polar surface area (TPSA) is 61.9 Å². The van der Waals surface area contributed by atoms with Gasteiger partial charge in [-0.2, -0.15) is 0 Å².